The van der Waals surface area contributed by atoms with E-state index in [4.69, 9.17) is 31.4 Å². The molecule has 1 atom stereocenters. The zero-order chi connectivity index (χ0) is 28.4. The number of aryl methyl sites for hydroxylation is 1. The van der Waals surface area contributed by atoms with Crippen LogP contribution in [0.3, 0.4) is 0 Å². The highest BCUT2D eigenvalue weighted by atomic mass is 35.5. The highest BCUT2D eigenvalue weighted by Crippen LogP contribution is 2.32. The summed E-state index contributed by atoms with van der Waals surface area (Å²) in [6, 6.07) is 9.96. The Hall–Kier alpha value is -3.32. The van der Waals surface area contributed by atoms with Gasteiger partial charge in [-0.1, -0.05) is 11.6 Å². The Bertz CT molecular complexity index is 1620. The number of sulfonamides is 1. The second-order valence-corrected chi connectivity index (χ2v) is 12.0. The number of nitrogens with zero attached hydrogens (tertiary/aromatic N) is 5. The average Bonchev–Trinajstić information content (AvgIpc) is 3.27. The lowest BCUT2D eigenvalue weighted by molar-refractivity contribution is -0.0371. The lowest BCUT2D eigenvalue weighted by Crippen LogP contribution is -2.21. The standard InChI is InChI=1S/C27H31ClFN7O3S/c1-17-24-26(30-13-14-35(2)3)31-25(32-27(24)36(33-17)23-6-4-5-15-39-23)18-7-10-20(11-8-18)34-40(37,38)22-16-19(28)9-12-21(22)29/h7-12,16,23,34H,4-6,13-15H2,1-3H3,(H,30,31,32). The second-order valence-electron chi connectivity index (χ2n) is 9.93. The summed E-state index contributed by atoms with van der Waals surface area (Å²) in [5, 5.41) is 9.16. The maximum atomic E-state index is 14.2. The summed E-state index contributed by atoms with van der Waals surface area (Å²) >= 11 is 5.88. The zero-order valence-corrected chi connectivity index (χ0v) is 24.1. The van der Waals surface area contributed by atoms with Crippen molar-refractivity contribution >= 4 is 44.2 Å². The number of anilines is 2. The van der Waals surface area contributed by atoms with Crippen LogP contribution in [0.4, 0.5) is 15.9 Å². The van der Waals surface area contributed by atoms with E-state index in [1.165, 1.54) is 6.07 Å². The summed E-state index contributed by atoms with van der Waals surface area (Å²) in [6.45, 7) is 4.09. The summed E-state index contributed by atoms with van der Waals surface area (Å²) in [7, 11) is -0.187. The van der Waals surface area contributed by atoms with Crippen molar-refractivity contribution in [2.24, 2.45) is 0 Å². The third-order valence-corrected chi connectivity index (χ3v) is 8.22. The quantitative estimate of drug-likeness (QED) is 0.279. The normalized spacial score (nSPS) is 16.0. The number of nitrogens with one attached hydrogen (secondary N) is 2. The van der Waals surface area contributed by atoms with E-state index in [0.29, 0.717) is 36.0 Å². The molecule has 0 bridgehead atoms. The minimum atomic E-state index is -4.19. The molecular weight excluding hydrogens is 557 g/mol. The van der Waals surface area contributed by atoms with Crippen molar-refractivity contribution in [2.45, 2.75) is 37.3 Å². The van der Waals surface area contributed by atoms with Crippen molar-refractivity contribution < 1.29 is 17.5 Å². The van der Waals surface area contributed by atoms with Crippen molar-refractivity contribution in [3.05, 3.63) is 59.0 Å². The van der Waals surface area contributed by atoms with Crippen LogP contribution in [0.25, 0.3) is 22.4 Å². The minimum absolute atomic E-state index is 0.118. The molecule has 5 rings (SSSR count). The van der Waals surface area contributed by atoms with Crippen LogP contribution in [0.1, 0.15) is 31.2 Å². The van der Waals surface area contributed by atoms with Gasteiger partial charge in [0.2, 0.25) is 0 Å². The van der Waals surface area contributed by atoms with Gasteiger partial charge >= 0.3 is 0 Å². The first kappa shape index (κ1) is 28.2. The largest absolute Gasteiger partial charge is 0.368 e. The number of ether oxygens (including phenoxy) is 1. The van der Waals surface area contributed by atoms with Gasteiger partial charge in [-0.05, 0) is 82.7 Å². The first-order chi connectivity index (χ1) is 19.1. The molecule has 2 aromatic heterocycles. The molecule has 40 heavy (non-hydrogen) atoms. The van der Waals surface area contributed by atoms with Gasteiger partial charge in [-0.15, -0.1) is 0 Å². The number of fused-ring (bicyclic) bond motifs is 1. The Kier molecular flexibility index (Phi) is 8.22. The molecule has 2 N–H and O–H groups in total. The summed E-state index contributed by atoms with van der Waals surface area (Å²) in [5.74, 6) is 0.230. The molecule has 0 amide bonds. The highest BCUT2D eigenvalue weighted by Gasteiger charge is 2.24. The molecule has 0 aliphatic carbocycles. The lowest BCUT2D eigenvalue weighted by Gasteiger charge is -2.23. The number of likely N-dealkylation sites (N-methyl/N-ethyl adjacent to an activating group) is 1. The van der Waals surface area contributed by atoms with Gasteiger partial charge in [0, 0.05) is 36.0 Å². The Morgan fingerprint density at radius 1 is 1.15 bits per heavy atom. The van der Waals surface area contributed by atoms with Gasteiger partial charge in [0.1, 0.15) is 16.5 Å². The number of rotatable bonds is 9. The monoisotopic (exact) mass is 587 g/mol. The molecule has 1 saturated heterocycles. The number of aromatic nitrogens is 4. The topological polar surface area (TPSA) is 114 Å². The van der Waals surface area contributed by atoms with E-state index in [9.17, 15) is 12.8 Å². The molecule has 0 saturated carbocycles. The van der Waals surface area contributed by atoms with Crippen LogP contribution in [0.5, 0.6) is 0 Å². The van der Waals surface area contributed by atoms with E-state index in [2.05, 4.69) is 14.9 Å². The molecule has 1 unspecified atom stereocenters. The third kappa shape index (κ3) is 6.04. The molecule has 10 nitrogen and oxygen atoms in total. The van der Waals surface area contributed by atoms with Gasteiger partial charge < -0.3 is 15.0 Å². The average molecular weight is 588 g/mol. The van der Waals surface area contributed by atoms with E-state index in [1.54, 1.807) is 24.3 Å². The first-order valence-corrected chi connectivity index (χ1v) is 14.8. The Morgan fingerprint density at radius 2 is 1.93 bits per heavy atom. The molecule has 13 heteroatoms. The first-order valence-electron chi connectivity index (χ1n) is 13.0. The fourth-order valence-corrected chi connectivity index (χ4v) is 5.96. The molecule has 212 valence electrons. The van der Waals surface area contributed by atoms with E-state index in [-0.39, 0.29) is 16.9 Å². The molecule has 3 heterocycles. The minimum Gasteiger partial charge on any atom is -0.368 e. The van der Waals surface area contributed by atoms with E-state index in [1.807, 2.05) is 25.7 Å². The second kappa shape index (κ2) is 11.7. The molecular formula is C27H31ClFN7O3S. The fourth-order valence-electron chi connectivity index (χ4n) is 4.56. The van der Waals surface area contributed by atoms with Gasteiger partial charge in [0.15, 0.2) is 17.7 Å². The highest BCUT2D eigenvalue weighted by molar-refractivity contribution is 7.92. The van der Waals surface area contributed by atoms with Crippen molar-refractivity contribution in [1.82, 2.24) is 24.6 Å². The number of benzene rings is 2. The molecule has 1 fully saturated rings. The maximum Gasteiger partial charge on any atom is 0.264 e. The van der Waals surface area contributed by atoms with Gasteiger partial charge in [-0.2, -0.15) is 5.10 Å². The summed E-state index contributed by atoms with van der Waals surface area (Å²) in [5.41, 5.74) is 2.40. The predicted octanol–water partition coefficient (Wildman–Crippen LogP) is 5.07. The zero-order valence-electron chi connectivity index (χ0n) is 22.5. The van der Waals surface area contributed by atoms with Crippen molar-refractivity contribution in [3.8, 4) is 11.4 Å². The number of hydrogen-bond acceptors (Lipinski definition) is 8. The van der Waals surface area contributed by atoms with E-state index in [0.717, 1.165) is 49.0 Å². The number of hydrogen-bond donors (Lipinski definition) is 2. The van der Waals surface area contributed by atoms with Gasteiger partial charge in [0.25, 0.3) is 10.0 Å². The van der Waals surface area contributed by atoms with Crippen molar-refractivity contribution in [3.63, 3.8) is 0 Å². The maximum absolute atomic E-state index is 14.2. The molecule has 4 aromatic rings. The fraction of sp³-hybridized carbons (Fsp3) is 0.370. The van der Waals surface area contributed by atoms with Crippen molar-refractivity contribution in [2.75, 3.05) is 43.8 Å². The molecule has 1 aliphatic rings. The third-order valence-electron chi connectivity index (χ3n) is 6.58. The van der Waals surface area contributed by atoms with Crippen LogP contribution >= 0.6 is 11.6 Å². The summed E-state index contributed by atoms with van der Waals surface area (Å²) in [4.78, 5) is 11.2. The number of halogens is 2. The predicted molar refractivity (Wildman–Crippen MR) is 154 cm³/mol. The Balaban J connectivity index is 1.49. The van der Waals surface area contributed by atoms with Gasteiger partial charge in [-0.25, -0.2) is 27.5 Å². The molecule has 0 radical (unpaired) electrons. The smallest absolute Gasteiger partial charge is 0.264 e. The SMILES string of the molecule is Cc1nn(C2CCCCO2)c2nc(-c3ccc(NS(=O)(=O)c4cc(Cl)ccc4F)cc3)nc(NCCN(C)C)c12. The Labute approximate surface area is 237 Å². The molecule has 0 spiro atoms. The van der Waals surface area contributed by atoms with Crippen LogP contribution in [0.2, 0.25) is 5.02 Å². The van der Waals surface area contributed by atoms with Gasteiger partial charge in [0.05, 0.1) is 11.1 Å². The Morgan fingerprint density at radius 3 is 2.62 bits per heavy atom. The lowest BCUT2D eigenvalue weighted by atomic mass is 10.2. The summed E-state index contributed by atoms with van der Waals surface area (Å²) in [6.07, 6.45) is 2.71. The van der Waals surface area contributed by atoms with Gasteiger partial charge in [-0.3, -0.25) is 4.72 Å². The summed E-state index contributed by atoms with van der Waals surface area (Å²) < 4.78 is 50.0. The molecule has 1 aliphatic heterocycles. The van der Waals surface area contributed by atoms with Crippen LogP contribution in [0, 0.1) is 12.7 Å². The van der Waals surface area contributed by atoms with Crippen LogP contribution in [-0.2, 0) is 14.8 Å². The van der Waals surface area contributed by atoms with E-state index >= 15 is 0 Å². The van der Waals surface area contributed by atoms with Crippen molar-refractivity contribution in [1.29, 1.82) is 0 Å². The van der Waals surface area contributed by atoms with Crippen LogP contribution in [0.15, 0.2) is 47.4 Å². The van der Waals surface area contributed by atoms with E-state index < -0.39 is 20.7 Å². The van der Waals surface area contributed by atoms with Crippen LogP contribution < -0.4 is 10.0 Å². The van der Waals surface area contributed by atoms with Crippen LogP contribution in [-0.4, -0.2) is 66.9 Å². The molecule has 2 aromatic carbocycles.